The highest BCUT2D eigenvalue weighted by Crippen LogP contribution is 2.34. The van der Waals surface area contributed by atoms with Crippen molar-refractivity contribution in [3.8, 4) is 0 Å². The molecule has 1 saturated heterocycles. The van der Waals surface area contributed by atoms with Crippen molar-refractivity contribution < 1.29 is 22.0 Å². The molecular formula is C25H21BrF2N4O3S2. The molecular weight excluding hydrogens is 586 g/mol. The first-order chi connectivity index (χ1) is 17.7. The molecule has 37 heavy (non-hydrogen) atoms. The van der Waals surface area contributed by atoms with Crippen molar-refractivity contribution in [1.82, 2.24) is 14.3 Å². The maximum Gasteiger partial charge on any atom is 0.245 e. The number of carbonyl (C=O) groups excluding carboxylic acids is 1. The maximum absolute atomic E-state index is 14.2. The van der Waals surface area contributed by atoms with Gasteiger partial charge in [0.1, 0.15) is 16.5 Å². The topological polar surface area (TPSA) is 83.5 Å². The second kappa shape index (κ2) is 10.5. The molecule has 5 rings (SSSR count). The van der Waals surface area contributed by atoms with E-state index >= 15 is 0 Å². The Balaban J connectivity index is 1.37. The molecule has 0 atom stereocenters. The normalized spacial score (nSPS) is 15.2. The van der Waals surface area contributed by atoms with Gasteiger partial charge in [0.15, 0.2) is 5.13 Å². The molecule has 0 saturated carbocycles. The fourth-order valence-electron chi connectivity index (χ4n) is 4.30. The number of piperidine rings is 1. The quantitative estimate of drug-likeness (QED) is 0.295. The minimum atomic E-state index is -4.16. The summed E-state index contributed by atoms with van der Waals surface area (Å²) in [5.41, 5.74) is 1.61. The largest absolute Gasteiger partial charge is 0.283 e. The van der Waals surface area contributed by atoms with Gasteiger partial charge >= 0.3 is 0 Å². The number of pyridine rings is 1. The van der Waals surface area contributed by atoms with E-state index in [1.165, 1.54) is 11.3 Å². The Hall–Kier alpha value is -2.80. The Labute approximate surface area is 224 Å². The lowest BCUT2D eigenvalue weighted by Crippen LogP contribution is -2.44. The lowest BCUT2D eigenvalue weighted by Gasteiger charge is -2.33. The average molecular weight is 608 g/mol. The summed E-state index contributed by atoms with van der Waals surface area (Å²) < 4.78 is 56.4. The summed E-state index contributed by atoms with van der Waals surface area (Å²) in [4.78, 5) is 23.6. The standard InChI is InChI=1S/C25H21BrF2N4O3S2/c26-18-3-5-21-22(12-18)36-25(30-21)32(15-16-2-1-9-29-14-16)24(33)17-7-10-31(11-8-17)37(34,35)23-6-4-19(27)13-20(23)28/h1-6,9,12-14,17H,7-8,10-11,15H2. The first-order valence-electron chi connectivity index (χ1n) is 11.4. The van der Waals surface area contributed by atoms with Crippen molar-refractivity contribution in [3.05, 3.63) is 82.6 Å². The monoisotopic (exact) mass is 606 g/mol. The summed E-state index contributed by atoms with van der Waals surface area (Å²) in [6.07, 6.45) is 3.88. The minimum Gasteiger partial charge on any atom is -0.283 e. The number of hydrogen-bond acceptors (Lipinski definition) is 6. The molecule has 0 bridgehead atoms. The van der Waals surface area contributed by atoms with Gasteiger partial charge in [-0.15, -0.1) is 0 Å². The first-order valence-corrected chi connectivity index (χ1v) is 14.5. The van der Waals surface area contributed by atoms with E-state index in [-0.39, 0.29) is 38.4 Å². The number of amides is 1. The number of carbonyl (C=O) groups is 1. The summed E-state index contributed by atoms with van der Waals surface area (Å²) in [6.45, 7) is 0.360. The highest BCUT2D eigenvalue weighted by atomic mass is 79.9. The molecule has 0 spiro atoms. The number of nitrogens with zero attached hydrogens (tertiary/aromatic N) is 4. The summed E-state index contributed by atoms with van der Waals surface area (Å²) in [5.74, 6) is -2.59. The molecule has 2 aromatic carbocycles. The van der Waals surface area contributed by atoms with Crippen molar-refractivity contribution in [2.75, 3.05) is 18.0 Å². The van der Waals surface area contributed by atoms with Crippen molar-refractivity contribution >= 4 is 58.5 Å². The molecule has 2 aromatic heterocycles. The van der Waals surface area contributed by atoms with Crippen molar-refractivity contribution in [3.63, 3.8) is 0 Å². The number of aromatic nitrogens is 2. The van der Waals surface area contributed by atoms with Crippen LogP contribution in [0.2, 0.25) is 0 Å². The van der Waals surface area contributed by atoms with Gasteiger partial charge in [0.25, 0.3) is 0 Å². The maximum atomic E-state index is 14.2. The van der Waals surface area contributed by atoms with Crippen LogP contribution in [0.1, 0.15) is 18.4 Å². The second-order valence-corrected chi connectivity index (χ2v) is 12.5. The first kappa shape index (κ1) is 25.8. The molecule has 3 heterocycles. The molecule has 1 amide bonds. The Kier molecular flexibility index (Phi) is 7.35. The van der Waals surface area contributed by atoms with E-state index in [4.69, 9.17) is 0 Å². The Morgan fingerprint density at radius 3 is 2.62 bits per heavy atom. The number of sulfonamides is 1. The molecule has 12 heteroatoms. The summed E-state index contributed by atoms with van der Waals surface area (Å²) in [7, 11) is -4.16. The van der Waals surface area contributed by atoms with E-state index in [1.54, 1.807) is 23.4 Å². The van der Waals surface area contributed by atoms with Gasteiger partial charge in [0.2, 0.25) is 15.9 Å². The zero-order valence-corrected chi connectivity index (χ0v) is 22.6. The second-order valence-electron chi connectivity index (χ2n) is 8.65. The van der Waals surface area contributed by atoms with Gasteiger partial charge in [0, 0.05) is 41.9 Å². The van der Waals surface area contributed by atoms with E-state index < -0.39 is 32.5 Å². The summed E-state index contributed by atoms with van der Waals surface area (Å²) in [5, 5.41) is 0.547. The minimum absolute atomic E-state index is 0.0447. The summed E-state index contributed by atoms with van der Waals surface area (Å²) in [6, 6.07) is 11.8. The third-order valence-corrected chi connectivity index (χ3v) is 9.68. The van der Waals surface area contributed by atoms with Crippen LogP contribution in [-0.2, 0) is 21.4 Å². The van der Waals surface area contributed by atoms with Crippen LogP contribution in [0.4, 0.5) is 13.9 Å². The van der Waals surface area contributed by atoms with Crippen LogP contribution in [0, 0.1) is 17.6 Å². The molecule has 7 nitrogen and oxygen atoms in total. The fourth-order valence-corrected chi connectivity index (χ4v) is 7.34. The van der Waals surface area contributed by atoms with Crippen molar-refractivity contribution in [2.24, 2.45) is 5.92 Å². The number of thiazole rings is 1. The van der Waals surface area contributed by atoms with Gasteiger partial charge in [-0.25, -0.2) is 22.2 Å². The number of fused-ring (bicyclic) bond motifs is 1. The van der Waals surface area contributed by atoms with Gasteiger partial charge in [-0.05, 0) is 54.8 Å². The van der Waals surface area contributed by atoms with Crippen molar-refractivity contribution in [2.45, 2.75) is 24.3 Å². The van der Waals surface area contributed by atoms with E-state index in [1.807, 2.05) is 24.3 Å². The zero-order valence-electron chi connectivity index (χ0n) is 19.4. The molecule has 4 aromatic rings. The molecule has 192 valence electrons. The van der Waals surface area contributed by atoms with Crippen molar-refractivity contribution in [1.29, 1.82) is 0 Å². The molecule has 1 aliphatic rings. The molecule has 1 aliphatic heterocycles. The average Bonchev–Trinajstić information content (AvgIpc) is 3.30. The number of benzene rings is 2. The van der Waals surface area contributed by atoms with Crippen LogP contribution in [0.15, 0.2) is 70.3 Å². The van der Waals surface area contributed by atoms with Gasteiger partial charge in [-0.2, -0.15) is 4.31 Å². The van der Waals surface area contributed by atoms with E-state index in [0.29, 0.717) is 11.2 Å². The SMILES string of the molecule is O=C(C1CCN(S(=O)(=O)c2ccc(F)cc2F)CC1)N(Cc1cccnc1)c1nc2ccc(Br)cc2s1. The van der Waals surface area contributed by atoms with Gasteiger partial charge in [0.05, 0.1) is 16.8 Å². The predicted octanol–water partition coefficient (Wildman–Crippen LogP) is 5.37. The van der Waals surface area contributed by atoms with E-state index in [2.05, 4.69) is 25.9 Å². The summed E-state index contributed by atoms with van der Waals surface area (Å²) >= 11 is 4.87. The number of anilines is 1. The third-order valence-electron chi connectivity index (χ3n) is 6.21. The Bertz CT molecular complexity index is 1560. The number of rotatable bonds is 6. The highest BCUT2D eigenvalue weighted by molar-refractivity contribution is 9.10. The molecule has 0 unspecified atom stereocenters. The van der Waals surface area contributed by atoms with Crippen LogP contribution in [-0.4, -0.2) is 41.7 Å². The number of hydrogen-bond donors (Lipinski definition) is 0. The molecule has 0 aliphatic carbocycles. The van der Waals surface area contributed by atoms with Gasteiger partial charge in [-0.1, -0.05) is 33.3 Å². The zero-order chi connectivity index (χ0) is 26.2. The smallest absolute Gasteiger partial charge is 0.245 e. The van der Waals surface area contributed by atoms with Gasteiger partial charge < -0.3 is 0 Å². The number of halogens is 3. The fraction of sp³-hybridized carbons (Fsp3) is 0.240. The molecule has 1 fully saturated rings. The van der Waals surface area contributed by atoms with E-state index in [0.717, 1.165) is 36.7 Å². The van der Waals surface area contributed by atoms with Crippen LogP contribution >= 0.6 is 27.3 Å². The molecule has 0 radical (unpaired) electrons. The van der Waals surface area contributed by atoms with Gasteiger partial charge in [-0.3, -0.25) is 14.7 Å². The van der Waals surface area contributed by atoms with Crippen LogP contribution in [0.5, 0.6) is 0 Å². The van der Waals surface area contributed by atoms with Crippen LogP contribution in [0.25, 0.3) is 10.2 Å². The highest BCUT2D eigenvalue weighted by Gasteiger charge is 2.36. The van der Waals surface area contributed by atoms with Crippen LogP contribution < -0.4 is 4.90 Å². The lowest BCUT2D eigenvalue weighted by molar-refractivity contribution is -0.123. The van der Waals surface area contributed by atoms with E-state index in [9.17, 15) is 22.0 Å². The third kappa shape index (κ3) is 5.42. The Morgan fingerprint density at radius 1 is 1.14 bits per heavy atom. The molecule has 0 N–H and O–H groups in total. The Morgan fingerprint density at radius 2 is 1.92 bits per heavy atom. The van der Waals surface area contributed by atoms with Crippen LogP contribution in [0.3, 0.4) is 0 Å². The lowest BCUT2D eigenvalue weighted by atomic mass is 9.96. The predicted molar refractivity (Wildman–Crippen MR) is 141 cm³/mol.